The summed E-state index contributed by atoms with van der Waals surface area (Å²) in [6.07, 6.45) is 0. The van der Waals surface area contributed by atoms with Crippen LogP contribution in [0.25, 0.3) is 0 Å². The molecular formula is C9H14N2O. The Morgan fingerprint density at radius 3 is 2.50 bits per heavy atom. The Morgan fingerprint density at radius 2 is 2.17 bits per heavy atom. The Hall–Kier alpha value is -1.09. The summed E-state index contributed by atoms with van der Waals surface area (Å²) in [5.41, 5.74) is 8.09. The van der Waals surface area contributed by atoms with Crippen molar-refractivity contribution in [3.8, 4) is 0 Å². The molecule has 0 aliphatic heterocycles. The summed E-state index contributed by atoms with van der Waals surface area (Å²) in [7, 11) is 0. The lowest BCUT2D eigenvalue weighted by molar-refractivity contribution is 0.0967. The molecular weight excluding hydrogens is 152 g/mol. The number of H-pyrrole nitrogens is 1. The highest BCUT2D eigenvalue weighted by molar-refractivity contribution is 6.00. The minimum Gasteiger partial charge on any atom is -0.362 e. The third-order valence-electron chi connectivity index (χ3n) is 1.83. The number of carbonyl (C=O) groups excluding carboxylic acids is 1. The van der Waals surface area contributed by atoms with Crippen LogP contribution in [0, 0.1) is 13.8 Å². The molecule has 1 rings (SSSR count). The number of aryl methyl sites for hydroxylation is 2. The van der Waals surface area contributed by atoms with E-state index in [-0.39, 0.29) is 5.78 Å². The molecule has 0 saturated heterocycles. The van der Waals surface area contributed by atoms with E-state index in [9.17, 15) is 4.79 Å². The highest BCUT2D eigenvalue weighted by Crippen LogP contribution is 2.10. The van der Waals surface area contributed by atoms with E-state index in [1.165, 1.54) is 0 Å². The zero-order valence-electron chi connectivity index (χ0n) is 7.64. The van der Waals surface area contributed by atoms with Crippen molar-refractivity contribution in [2.45, 2.75) is 26.8 Å². The molecule has 0 spiro atoms. The first-order chi connectivity index (χ1) is 5.52. The summed E-state index contributed by atoms with van der Waals surface area (Å²) in [4.78, 5) is 14.5. The summed E-state index contributed by atoms with van der Waals surface area (Å²) in [6.45, 7) is 5.50. The van der Waals surface area contributed by atoms with Crippen molar-refractivity contribution in [2.24, 2.45) is 5.73 Å². The summed E-state index contributed by atoms with van der Waals surface area (Å²) < 4.78 is 0. The van der Waals surface area contributed by atoms with E-state index in [0.29, 0.717) is 5.56 Å². The average Bonchev–Trinajstić information content (AvgIpc) is 2.28. The second kappa shape index (κ2) is 3.11. The second-order valence-corrected chi connectivity index (χ2v) is 3.14. The Kier molecular flexibility index (Phi) is 2.33. The van der Waals surface area contributed by atoms with Crippen LogP contribution in [0.2, 0.25) is 0 Å². The summed E-state index contributed by atoms with van der Waals surface area (Å²) in [5, 5.41) is 0. The molecule has 12 heavy (non-hydrogen) atoms. The zero-order chi connectivity index (χ0) is 9.30. The maximum absolute atomic E-state index is 11.4. The van der Waals surface area contributed by atoms with Crippen molar-refractivity contribution >= 4 is 5.78 Å². The fourth-order valence-electron chi connectivity index (χ4n) is 1.23. The Morgan fingerprint density at radius 1 is 1.58 bits per heavy atom. The van der Waals surface area contributed by atoms with Gasteiger partial charge in [0.1, 0.15) is 0 Å². The monoisotopic (exact) mass is 166 g/mol. The minimum atomic E-state index is -0.418. The number of rotatable bonds is 2. The molecule has 0 aliphatic rings. The molecule has 0 bridgehead atoms. The van der Waals surface area contributed by atoms with Crippen LogP contribution in [0.1, 0.15) is 28.7 Å². The molecule has 1 heterocycles. The van der Waals surface area contributed by atoms with Crippen molar-refractivity contribution in [1.29, 1.82) is 0 Å². The standard InChI is InChI=1S/C9H14N2O/c1-5-4-8(7(3)11-5)9(12)6(2)10/h4,6,11H,10H2,1-3H3. The maximum Gasteiger partial charge on any atom is 0.181 e. The van der Waals surface area contributed by atoms with Crippen molar-refractivity contribution in [1.82, 2.24) is 4.98 Å². The average molecular weight is 166 g/mol. The van der Waals surface area contributed by atoms with Crippen LogP contribution in [0.5, 0.6) is 0 Å². The number of aromatic nitrogens is 1. The highest BCUT2D eigenvalue weighted by atomic mass is 16.1. The first-order valence-electron chi connectivity index (χ1n) is 3.98. The summed E-state index contributed by atoms with van der Waals surface area (Å²) in [5.74, 6) is -0.00292. The van der Waals surface area contributed by atoms with Crippen LogP contribution < -0.4 is 5.73 Å². The number of ketones is 1. The van der Waals surface area contributed by atoms with Crippen molar-refractivity contribution in [2.75, 3.05) is 0 Å². The Bertz CT molecular complexity index is 299. The first kappa shape index (κ1) is 9.00. The van der Waals surface area contributed by atoms with E-state index in [1.54, 1.807) is 6.92 Å². The number of nitrogens with one attached hydrogen (secondary N) is 1. The van der Waals surface area contributed by atoms with E-state index >= 15 is 0 Å². The van der Waals surface area contributed by atoms with Crippen molar-refractivity contribution in [3.63, 3.8) is 0 Å². The fraction of sp³-hybridized carbons (Fsp3) is 0.444. The van der Waals surface area contributed by atoms with Gasteiger partial charge in [0.2, 0.25) is 0 Å². The number of aromatic amines is 1. The number of nitrogens with two attached hydrogens (primary N) is 1. The van der Waals surface area contributed by atoms with Gasteiger partial charge >= 0.3 is 0 Å². The quantitative estimate of drug-likeness (QED) is 0.648. The topological polar surface area (TPSA) is 58.9 Å². The van der Waals surface area contributed by atoms with Crippen LogP contribution in [0.3, 0.4) is 0 Å². The molecule has 3 heteroatoms. The van der Waals surface area contributed by atoms with Crippen LogP contribution in [-0.4, -0.2) is 16.8 Å². The van der Waals surface area contributed by atoms with Gasteiger partial charge in [-0.1, -0.05) is 0 Å². The minimum absolute atomic E-state index is 0.00292. The van der Waals surface area contributed by atoms with Crippen LogP contribution in [0.4, 0.5) is 0 Å². The Labute approximate surface area is 72.0 Å². The van der Waals surface area contributed by atoms with Gasteiger partial charge < -0.3 is 10.7 Å². The van der Waals surface area contributed by atoms with Gasteiger partial charge in [-0.2, -0.15) is 0 Å². The zero-order valence-corrected chi connectivity index (χ0v) is 7.64. The lowest BCUT2D eigenvalue weighted by Gasteiger charge is -2.01. The summed E-state index contributed by atoms with van der Waals surface area (Å²) in [6, 6.07) is 1.42. The van der Waals surface area contributed by atoms with Gasteiger partial charge in [0.25, 0.3) is 0 Å². The first-order valence-corrected chi connectivity index (χ1v) is 3.98. The molecule has 66 valence electrons. The summed E-state index contributed by atoms with van der Waals surface area (Å²) >= 11 is 0. The van der Waals surface area contributed by atoms with Crippen LogP contribution >= 0.6 is 0 Å². The maximum atomic E-state index is 11.4. The molecule has 1 unspecified atom stereocenters. The highest BCUT2D eigenvalue weighted by Gasteiger charge is 2.14. The smallest absolute Gasteiger partial charge is 0.181 e. The SMILES string of the molecule is Cc1cc(C(=O)C(C)N)c(C)[nH]1. The lowest BCUT2D eigenvalue weighted by atomic mass is 10.1. The predicted octanol–water partition coefficient (Wildman–Crippen LogP) is 1.16. The Balaban J connectivity index is 3.02. The van der Waals surface area contributed by atoms with Crippen molar-refractivity contribution < 1.29 is 4.79 Å². The largest absolute Gasteiger partial charge is 0.362 e. The van der Waals surface area contributed by atoms with Crippen LogP contribution in [-0.2, 0) is 0 Å². The van der Waals surface area contributed by atoms with Crippen LogP contribution in [0.15, 0.2) is 6.07 Å². The van der Waals surface area contributed by atoms with Gasteiger partial charge in [0.05, 0.1) is 6.04 Å². The number of hydrogen-bond donors (Lipinski definition) is 2. The molecule has 1 aromatic rings. The number of Topliss-reactive ketones (excluding diaryl/α,β-unsaturated/α-hetero) is 1. The van der Waals surface area contributed by atoms with E-state index in [2.05, 4.69) is 4.98 Å². The molecule has 3 nitrogen and oxygen atoms in total. The molecule has 0 amide bonds. The number of carbonyl (C=O) groups is 1. The van der Waals surface area contributed by atoms with Gasteiger partial charge in [0.15, 0.2) is 5.78 Å². The molecule has 0 aliphatic carbocycles. The molecule has 1 aromatic heterocycles. The lowest BCUT2D eigenvalue weighted by Crippen LogP contribution is -2.26. The van der Waals surface area contributed by atoms with Gasteiger partial charge in [-0.25, -0.2) is 0 Å². The predicted molar refractivity (Wildman–Crippen MR) is 48.2 cm³/mol. The van der Waals surface area contributed by atoms with Gasteiger partial charge in [-0.15, -0.1) is 0 Å². The van der Waals surface area contributed by atoms with E-state index < -0.39 is 6.04 Å². The van der Waals surface area contributed by atoms with Gasteiger partial charge in [-0.3, -0.25) is 4.79 Å². The number of hydrogen-bond acceptors (Lipinski definition) is 2. The van der Waals surface area contributed by atoms with Gasteiger partial charge in [0, 0.05) is 17.0 Å². The third-order valence-corrected chi connectivity index (χ3v) is 1.83. The third kappa shape index (κ3) is 1.56. The molecule has 0 radical (unpaired) electrons. The van der Waals surface area contributed by atoms with E-state index in [0.717, 1.165) is 11.4 Å². The fourth-order valence-corrected chi connectivity index (χ4v) is 1.23. The molecule has 0 saturated carbocycles. The van der Waals surface area contributed by atoms with Crippen molar-refractivity contribution in [3.05, 3.63) is 23.0 Å². The molecule has 1 atom stereocenters. The molecule has 0 fully saturated rings. The van der Waals surface area contributed by atoms with E-state index in [4.69, 9.17) is 5.73 Å². The molecule has 3 N–H and O–H groups in total. The van der Waals surface area contributed by atoms with E-state index in [1.807, 2.05) is 19.9 Å². The van der Waals surface area contributed by atoms with Gasteiger partial charge in [-0.05, 0) is 26.8 Å². The molecule has 0 aromatic carbocycles. The second-order valence-electron chi connectivity index (χ2n) is 3.14. The normalized spacial score (nSPS) is 13.0.